The molecule has 0 unspecified atom stereocenters. The number of nitrogens with zero attached hydrogens (tertiary/aromatic N) is 1. The molecule has 1 aromatic heterocycles. The minimum Gasteiger partial charge on any atom is -0.379 e. The molecule has 1 saturated heterocycles. The van der Waals surface area contributed by atoms with Gasteiger partial charge in [-0.25, -0.2) is 0 Å². The number of carbonyl (C=O) groups is 1. The van der Waals surface area contributed by atoms with Gasteiger partial charge in [0.15, 0.2) is 0 Å². The van der Waals surface area contributed by atoms with Crippen LogP contribution < -0.4 is 5.32 Å². The molecule has 21 heavy (non-hydrogen) atoms. The van der Waals surface area contributed by atoms with Gasteiger partial charge in [0.1, 0.15) is 5.00 Å². The van der Waals surface area contributed by atoms with Crippen LogP contribution in [0.4, 0.5) is 5.00 Å². The monoisotopic (exact) mass is 302 g/mol. The van der Waals surface area contributed by atoms with Gasteiger partial charge in [-0.2, -0.15) is 0 Å². The highest BCUT2D eigenvalue weighted by atomic mass is 32.1. The van der Waals surface area contributed by atoms with Crippen molar-refractivity contribution in [1.82, 2.24) is 4.90 Å². The van der Waals surface area contributed by atoms with Crippen LogP contribution in [-0.2, 0) is 4.74 Å². The molecule has 1 aliphatic rings. The van der Waals surface area contributed by atoms with Crippen molar-refractivity contribution >= 4 is 22.2 Å². The van der Waals surface area contributed by atoms with E-state index in [1.165, 1.54) is 0 Å². The van der Waals surface area contributed by atoms with Crippen LogP contribution >= 0.6 is 11.3 Å². The molecule has 0 atom stereocenters. The number of thiophene rings is 1. The predicted molar refractivity (Wildman–Crippen MR) is 86.0 cm³/mol. The molecule has 0 saturated carbocycles. The smallest absolute Gasteiger partial charge is 0.257 e. The summed E-state index contributed by atoms with van der Waals surface area (Å²) in [4.78, 5) is 15.6. The van der Waals surface area contributed by atoms with Gasteiger partial charge in [-0.1, -0.05) is 30.3 Å². The third-order valence-electron chi connectivity index (χ3n) is 3.55. The fourth-order valence-electron chi connectivity index (χ4n) is 2.42. The lowest BCUT2D eigenvalue weighted by atomic mass is 10.1. The second kappa shape index (κ2) is 6.28. The summed E-state index contributed by atoms with van der Waals surface area (Å²) in [5.41, 5.74) is 1.89. The molecule has 2 aromatic rings. The fourth-order valence-corrected chi connectivity index (χ4v) is 3.43. The Balaban J connectivity index is 1.91. The van der Waals surface area contributed by atoms with Crippen molar-refractivity contribution in [2.24, 2.45) is 0 Å². The van der Waals surface area contributed by atoms with E-state index in [4.69, 9.17) is 4.74 Å². The maximum Gasteiger partial charge on any atom is 0.257 e. The van der Waals surface area contributed by atoms with Crippen molar-refractivity contribution in [1.29, 1.82) is 0 Å². The number of anilines is 1. The van der Waals surface area contributed by atoms with E-state index in [0.717, 1.165) is 21.0 Å². The molecule has 1 N–H and O–H groups in total. The van der Waals surface area contributed by atoms with Crippen LogP contribution in [-0.4, -0.2) is 44.2 Å². The largest absolute Gasteiger partial charge is 0.379 e. The number of hydrogen-bond acceptors (Lipinski definition) is 4. The lowest BCUT2D eigenvalue weighted by molar-refractivity contribution is 0.0304. The van der Waals surface area contributed by atoms with Crippen molar-refractivity contribution < 1.29 is 9.53 Å². The second-order valence-corrected chi connectivity index (χ2v) is 5.93. The standard InChI is InChI=1S/C16H18N2O2S/c1-17-15-13(16(19)18-7-9-20-10-8-18)11-14(21-15)12-5-3-2-4-6-12/h2-6,11,17H,7-10H2,1H3. The van der Waals surface area contributed by atoms with Gasteiger partial charge in [0.05, 0.1) is 18.8 Å². The molecule has 1 amide bonds. The summed E-state index contributed by atoms with van der Waals surface area (Å²) in [6.45, 7) is 2.57. The van der Waals surface area contributed by atoms with E-state index in [9.17, 15) is 4.79 Å². The van der Waals surface area contributed by atoms with Gasteiger partial charge in [0.2, 0.25) is 0 Å². The summed E-state index contributed by atoms with van der Waals surface area (Å²) < 4.78 is 5.31. The first-order chi connectivity index (χ1) is 10.3. The average molecular weight is 302 g/mol. The number of amides is 1. The van der Waals surface area contributed by atoms with E-state index < -0.39 is 0 Å². The van der Waals surface area contributed by atoms with Gasteiger partial charge in [-0.15, -0.1) is 11.3 Å². The SMILES string of the molecule is CNc1sc(-c2ccccc2)cc1C(=O)N1CCOCC1. The van der Waals surface area contributed by atoms with Crippen LogP contribution in [0.5, 0.6) is 0 Å². The molecular formula is C16H18N2O2S. The molecule has 1 fully saturated rings. The van der Waals surface area contributed by atoms with Crippen LogP contribution in [0.1, 0.15) is 10.4 Å². The van der Waals surface area contributed by atoms with Crippen LogP contribution in [0.3, 0.4) is 0 Å². The first-order valence-corrected chi connectivity index (χ1v) is 7.85. The summed E-state index contributed by atoms with van der Waals surface area (Å²) in [6, 6.07) is 12.1. The molecule has 1 aliphatic heterocycles. The molecular weight excluding hydrogens is 284 g/mol. The number of hydrogen-bond donors (Lipinski definition) is 1. The fraction of sp³-hybridized carbons (Fsp3) is 0.312. The summed E-state index contributed by atoms with van der Waals surface area (Å²) in [6.07, 6.45) is 0. The Bertz CT molecular complexity index is 618. The van der Waals surface area contributed by atoms with Gasteiger partial charge in [-0.3, -0.25) is 4.79 Å². The lowest BCUT2D eigenvalue weighted by Gasteiger charge is -2.26. The zero-order valence-electron chi connectivity index (χ0n) is 12.0. The van der Waals surface area contributed by atoms with E-state index >= 15 is 0 Å². The van der Waals surface area contributed by atoms with Crippen molar-refractivity contribution in [2.75, 3.05) is 38.7 Å². The third-order valence-corrected chi connectivity index (χ3v) is 4.75. The highest BCUT2D eigenvalue weighted by Crippen LogP contribution is 2.35. The molecule has 2 heterocycles. The average Bonchev–Trinajstić information content (AvgIpc) is 3.00. The molecule has 5 heteroatoms. The lowest BCUT2D eigenvalue weighted by Crippen LogP contribution is -2.40. The van der Waals surface area contributed by atoms with E-state index in [2.05, 4.69) is 17.4 Å². The molecule has 110 valence electrons. The molecule has 1 aromatic carbocycles. The zero-order valence-corrected chi connectivity index (χ0v) is 12.8. The topological polar surface area (TPSA) is 41.6 Å². The minimum atomic E-state index is 0.0843. The zero-order chi connectivity index (χ0) is 14.7. The molecule has 0 spiro atoms. The van der Waals surface area contributed by atoms with Crippen molar-refractivity contribution in [3.8, 4) is 10.4 Å². The van der Waals surface area contributed by atoms with Crippen molar-refractivity contribution in [3.05, 3.63) is 42.0 Å². The third kappa shape index (κ3) is 2.94. The highest BCUT2D eigenvalue weighted by molar-refractivity contribution is 7.19. The van der Waals surface area contributed by atoms with Crippen LogP contribution in [0, 0.1) is 0 Å². The molecule has 4 nitrogen and oxygen atoms in total. The van der Waals surface area contributed by atoms with Gasteiger partial charge in [0, 0.05) is 25.0 Å². The van der Waals surface area contributed by atoms with Crippen LogP contribution in [0.25, 0.3) is 10.4 Å². The van der Waals surface area contributed by atoms with Crippen LogP contribution in [0.15, 0.2) is 36.4 Å². The minimum absolute atomic E-state index is 0.0843. The number of morpholine rings is 1. The number of benzene rings is 1. The second-order valence-electron chi connectivity index (χ2n) is 4.87. The Morgan fingerprint density at radius 1 is 1.24 bits per heavy atom. The van der Waals surface area contributed by atoms with Crippen molar-refractivity contribution in [2.45, 2.75) is 0 Å². The normalized spacial score (nSPS) is 15.0. The van der Waals surface area contributed by atoms with E-state index in [1.54, 1.807) is 11.3 Å². The van der Waals surface area contributed by atoms with Crippen molar-refractivity contribution in [3.63, 3.8) is 0 Å². The van der Waals surface area contributed by atoms with Gasteiger partial charge in [-0.05, 0) is 11.6 Å². The number of rotatable bonds is 3. The summed E-state index contributed by atoms with van der Waals surface area (Å²) in [7, 11) is 1.86. The summed E-state index contributed by atoms with van der Waals surface area (Å²) in [5, 5.41) is 4.07. The Morgan fingerprint density at radius 3 is 2.62 bits per heavy atom. The predicted octanol–water partition coefficient (Wildman–Crippen LogP) is 2.93. The first kappa shape index (κ1) is 14.1. The number of ether oxygens (including phenoxy) is 1. The maximum atomic E-state index is 12.7. The van der Waals surface area contributed by atoms with Gasteiger partial charge in [0.25, 0.3) is 5.91 Å². The van der Waals surface area contributed by atoms with E-state index in [-0.39, 0.29) is 5.91 Å². The van der Waals surface area contributed by atoms with E-state index in [0.29, 0.717) is 26.3 Å². The van der Waals surface area contributed by atoms with E-state index in [1.807, 2.05) is 36.2 Å². The summed E-state index contributed by atoms with van der Waals surface area (Å²) >= 11 is 1.62. The maximum absolute atomic E-state index is 12.7. The van der Waals surface area contributed by atoms with Crippen LogP contribution in [0.2, 0.25) is 0 Å². The highest BCUT2D eigenvalue weighted by Gasteiger charge is 2.23. The number of nitrogens with one attached hydrogen (secondary N) is 1. The Morgan fingerprint density at radius 2 is 1.95 bits per heavy atom. The molecule has 0 aliphatic carbocycles. The molecule has 3 rings (SSSR count). The first-order valence-electron chi connectivity index (χ1n) is 7.03. The molecule has 0 radical (unpaired) electrons. The Labute approximate surface area is 128 Å². The Kier molecular flexibility index (Phi) is 4.22. The quantitative estimate of drug-likeness (QED) is 0.948. The number of carbonyl (C=O) groups excluding carboxylic acids is 1. The van der Waals surface area contributed by atoms with Gasteiger partial charge >= 0.3 is 0 Å². The molecule has 0 bridgehead atoms. The summed E-state index contributed by atoms with van der Waals surface area (Å²) in [5.74, 6) is 0.0843. The Hall–Kier alpha value is -1.85. The van der Waals surface area contributed by atoms with Gasteiger partial charge < -0.3 is 15.0 Å².